The fourth-order valence-corrected chi connectivity index (χ4v) is 2.79. The van der Waals surface area contributed by atoms with Crippen LogP contribution >= 0.6 is 0 Å². The van der Waals surface area contributed by atoms with Crippen molar-refractivity contribution in [2.75, 3.05) is 6.61 Å². The summed E-state index contributed by atoms with van der Waals surface area (Å²) in [6, 6.07) is 16.0. The van der Waals surface area contributed by atoms with Gasteiger partial charge in [0.15, 0.2) is 0 Å². The maximum atomic E-state index is 12.2. The number of nitrogens with zero attached hydrogens (tertiary/aromatic N) is 1. The Morgan fingerprint density at radius 2 is 1.78 bits per heavy atom. The first kappa shape index (κ1) is 17.0. The van der Waals surface area contributed by atoms with Gasteiger partial charge in [-0.2, -0.15) is 13.5 Å². The molecule has 0 radical (unpaired) electrons. The molecule has 0 bridgehead atoms. The van der Waals surface area contributed by atoms with Crippen LogP contribution in [-0.4, -0.2) is 21.2 Å². The Labute approximate surface area is 137 Å². The van der Waals surface area contributed by atoms with Crippen molar-refractivity contribution in [3.63, 3.8) is 0 Å². The van der Waals surface area contributed by atoms with Gasteiger partial charge in [-0.05, 0) is 36.8 Å². The summed E-state index contributed by atoms with van der Waals surface area (Å²) in [6.07, 6.45) is 1.57. The molecule has 6 heteroatoms. The van der Waals surface area contributed by atoms with Crippen LogP contribution in [0.15, 0.2) is 64.6 Å². The Kier molecular flexibility index (Phi) is 5.76. The third kappa shape index (κ3) is 4.82. The van der Waals surface area contributed by atoms with Gasteiger partial charge in [-0.25, -0.2) is 4.83 Å². The first-order valence-corrected chi connectivity index (χ1v) is 8.84. The number of sulfonamides is 1. The van der Waals surface area contributed by atoms with Crippen molar-refractivity contribution in [1.82, 2.24) is 4.83 Å². The molecular formula is C17H20N2O3S. The highest BCUT2D eigenvalue weighted by Gasteiger charge is 2.12. The Bertz CT molecular complexity index is 741. The summed E-state index contributed by atoms with van der Waals surface area (Å²) in [5.41, 5.74) is 1.07. The second-order valence-corrected chi connectivity index (χ2v) is 6.64. The zero-order chi connectivity index (χ0) is 16.7. The zero-order valence-corrected chi connectivity index (χ0v) is 14.0. The summed E-state index contributed by atoms with van der Waals surface area (Å²) in [6.45, 7) is 4.35. The molecule has 0 saturated carbocycles. The molecule has 1 atom stereocenters. The average Bonchev–Trinajstić information content (AvgIpc) is 2.56. The van der Waals surface area contributed by atoms with Crippen molar-refractivity contribution >= 4 is 16.2 Å². The number of benzene rings is 2. The second-order valence-electron chi connectivity index (χ2n) is 4.98. The maximum absolute atomic E-state index is 12.2. The minimum absolute atomic E-state index is 0.0132. The number of hydrazone groups is 1. The molecule has 0 heterocycles. The molecule has 0 aromatic heterocycles. The molecule has 2 aromatic rings. The van der Waals surface area contributed by atoms with E-state index in [0.29, 0.717) is 12.4 Å². The fourth-order valence-electron chi connectivity index (χ4n) is 1.99. The van der Waals surface area contributed by atoms with Gasteiger partial charge in [-0.1, -0.05) is 37.3 Å². The first-order chi connectivity index (χ1) is 11.0. The Hall–Kier alpha value is -2.34. The number of ether oxygens (including phenoxy) is 1. The Morgan fingerprint density at radius 3 is 2.39 bits per heavy atom. The molecule has 122 valence electrons. The summed E-state index contributed by atoms with van der Waals surface area (Å²) in [5, 5.41) is 3.86. The normalized spacial score (nSPS) is 13.0. The van der Waals surface area contributed by atoms with Crippen LogP contribution in [0.2, 0.25) is 0 Å². The molecule has 2 aromatic carbocycles. The standard InChI is InChI=1S/C17H20N2O3S/c1-3-22-16-9-11-17(12-10-16)23(20,21)19-18-13-14(2)15-7-5-4-6-8-15/h4-14,19H,3H2,1-2H3/b18-13-/t14-/m1/s1. The first-order valence-electron chi connectivity index (χ1n) is 7.35. The van der Waals surface area contributed by atoms with E-state index in [0.717, 1.165) is 5.56 Å². The fraction of sp³-hybridized carbons (Fsp3) is 0.235. The van der Waals surface area contributed by atoms with Gasteiger partial charge in [-0.3, -0.25) is 0 Å². The molecule has 0 spiro atoms. The number of rotatable bonds is 7. The lowest BCUT2D eigenvalue weighted by atomic mass is 10.0. The predicted octanol–water partition coefficient (Wildman–Crippen LogP) is 3.15. The molecule has 0 aliphatic rings. The highest BCUT2D eigenvalue weighted by molar-refractivity contribution is 7.89. The van der Waals surface area contributed by atoms with E-state index in [4.69, 9.17) is 4.74 Å². The van der Waals surface area contributed by atoms with E-state index in [1.54, 1.807) is 18.3 Å². The molecule has 0 amide bonds. The molecule has 0 unspecified atom stereocenters. The highest BCUT2D eigenvalue weighted by atomic mass is 32.2. The SMILES string of the molecule is CCOc1ccc(S(=O)(=O)N/N=C\[C@@H](C)c2ccccc2)cc1. The van der Waals surface area contributed by atoms with Crippen LogP contribution in [0.3, 0.4) is 0 Å². The molecule has 23 heavy (non-hydrogen) atoms. The minimum atomic E-state index is -3.67. The van der Waals surface area contributed by atoms with Gasteiger partial charge >= 0.3 is 0 Å². The summed E-state index contributed by atoms with van der Waals surface area (Å²) < 4.78 is 29.6. The lowest BCUT2D eigenvalue weighted by Gasteiger charge is -2.07. The monoisotopic (exact) mass is 332 g/mol. The maximum Gasteiger partial charge on any atom is 0.276 e. The third-order valence-corrected chi connectivity index (χ3v) is 4.48. The molecular weight excluding hydrogens is 312 g/mol. The third-order valence-electron chi connectivity index (χ3n) is 3.24. The highest BCUT2D eigenvalue weighted by Crippen LogP contribution is 2.16. The molecule has 0 aliphatic heterocycles. The number of nitrogens with one attached hydrogen (secondary N) is 1. The van der Waals surface area contributed by atoms with Crippen molar-refractivity contribution in [2.45, 2.75) is 24.7 Å². The van der Waals surface area contributed by atoms with Crippen LogP contribution in [0.1, 0.15) is 25.3 Å². The Balaban J connectivity index is 2.02. The molecule has 0 fully saturated rings. The number of hydrogen-bond donors (Lipinski definition) is 1. The second kappa shape index (κ2) is 7.78. The van der Waals surface area contributed by atoms with E-state index in [-0.39, 0.29) is 10.8 Å². The minimum Gasteiger partial charge on any atom is -0.494 e. The van der Waals surface area contributed by atoms with E-state index in [1.165, 1.54) is 12.1 Å². The van der Waals surface area contributed by atoms with Crippen molar-refractivity contribution < 1.29 is 13.2 Å². The molecule has 0 saturated heterocycles. The summed E-state index contributed by atoms with van der Waals surface area (Å²) in [7, 11) is -3.67. The van der Waals surface area contributed by atoms with E-state index in [1.807, 2.05) is 44.2 Å². The predicted molar refractivity (Wildman–Crippen MR) is 91.3 cm³/mol. The molecule has 2 rings (SSSR count). The van der Waals surface area contributed by atoms with E-state index in [2.05, 4.69) is 9.93 Å². The van der Waals surface area contributed by atoms with Crippen molar-refractivity contribution in [3.05, 3.63) is 60.2 Å². The average molecular weight is 332 g/mol. The Morgan fingerprint density at radius 1 is 1.13 bits per heavy atom. The van der Waals surface area contributed by atoms with E-state index < -0.39 is 10.0 Å². The summed E-state index contributed by atoms with van der Waals surface area (Å²) in [4.78, 5) is 2.37. The van der Waals surface area contributed by atoms with Crippen molar-refractivity contribution in [1.29, 1.82) is 0 Å². The quantitative estimate of drug-likeness (QED) is 0.625. The van der Waals surface area contributed by atoms with Gasteiger partial charge in [0.25, 0.3) is 10.0 Å². The van der Waals surface area contributed by atoms with E-state index >= 15 is 0 Å². The lowest BCUT2D eigenvalue weighted by Crippen LogP contribution is -2.18. The van der Waals surface area contributed by atoms with Gasteiger partial charge in [0.1, 0.15) is 5.75 Å². The number of hydrogen-bond acceptors (Lipinski definition) is 4. The van der Waals surface area contributed by atoms with Crippen molar-refractivity contribution in [3.8, 4) is 5.75 Å². The van der Waals surface area contributed by atoms with Gasteiger partial charge in [0.2, 0.25) is 0 Å². The van der Waals surface area contributed by atoms with Gasteiger partial charge in [-0.15, -0.1) is 0 Å². The van der Waals surface area contributed by atoms with Crippen LogP contribution in [0.4, 0.5) is 0 Å². The van der Waals surface area contributed by atoms with E-state index in [9.17, 15) is 8.42 Å². The summed E-state index contributed by atoms with van der Waals surface area (Å²) in [5.74, 6) is 0.645. The van der Waals surface area contributed by atoms with Crippen molar-refractivity contribution in [2.24, 2.45) is 5.10 Å². The van der Waals surface area contributed by atoms with Crippen LogP contribution in [0, 0.1) is 0 Å². The summed E-state index contributed by atoms with van der Waals surface area (Å²) >= 11 is 0. The molecule has 1 N–H and O–H groups in total. The molecule has 0 aliphatic carbocycles. The topological polar surface area (TPSA) is 67.8 Å². The largest absolute Gasteiger partial charge is 0.494 e. The lowest BCUT2D eigenvalue weighted by molar-refractivity contribution is 0.340. The van der Waals surface area contributed by atoms with Crippen LogP contribution in [-0.2, 0) is 10.0 Å². The van der Waals surface area contributed by atoms with Gasteiger partial charge in [0, 0.05) is 12.1 Å². The van der Waals surface area contributed by atoms with Crippen LogP contribution in [0.5, 0.6) is 5.75 Å². The van der Waals surface area contributed by atoms with Crippen LogP contribution in [0.25, 0.3) is 0 Å². The smallest absolute Gasteiger partial charge is 0.276 e. The van der Waals surface area contributed by atoms with Crippen LogP contribution < -0.4 is 9.57 Å². The van der Waals surface area contributed by atoms with Gasteiger partial charge in [0.05, 0.1) is 11.5 Å². The van der Waals surface area contributed by atoms with Gasteiger partial charge < -0.3 is 4.74 Å². The molecule has 5 nitrogen and oxygen atoms in total. The zero-order valence-electron chi connectivity index (χ0n) is 13.1.